The monoisotopic (exact) mass is 429 g/mol. The number of para-hydroxylation sites is 3. The minimum atomic E-state index is -3.67. The summed E-state index contributed by atoms with van der Waals surface area (Å²) in [5.74, 6) is 0.716. The van der Waals surface area contributed by atoms with Gasteiger partial charge >= 0.3 is 0 Å². The predicted octanol–water partition coefficient (Wildman–Crippen LogP) is 6.56. The first kappa shape index (κ1) is 17.6. The van der Waals surface area contributed by atoms with Crippen molar-refractivity contribution in [3.05, 3.63) is 91.0 Å². The van der Waals surface area contributed by atoms with Crippen LogP contribution in [0.5, 0.6) is 11.5 Å². The van der Waals surface area contributed by atoms with Crippen LogP contribution in [-0.4, -0.2) is 8.42 Å². The van der Waals surface area contributed by atoms with E-state index in [2.05, 4.69) is 29.2 Å². The van der Waals surface area contributed by atoms with Crippen LogP contribution in [0.4, 0.5) is 17.1 Å². The molecule has 0 spiro atoms. The van der Waals surface area contributed by atoms with Gasteiger partial charge in [-0.2, -0.15) is 0 Å². The molecule has 4 nitrogen and oxygen atoms in total. The van der Waals surface area contributed by atoms with Gasteiger partial charge in [-0.3, -0.25) is 0 Å². The van der Waals surface area contributed by atoms with E-state index in [1.807, 2.05) is 30.3 Å². The molecule has 6 rings (SSSR count). The molecule has 0 radical (unpaired) electrons. The van der Waals surface area contributed by atoms with E-state index in [1.54, 1.807) is 48.2 Å². The van der Waals surface area contributed by atoms with Gasteiger partial charge in [-0.15, -0.1) is 0 Å². The molecule has 146 valence electrons. The van der Waals surface area contributed by atoms with Gasteiger partial charge < -0.3 is 9.64 Å². The fourth-order valence-electron chi connectivity index (χ4n) is 3.91. The number of ether oxygens (including phenoxy) is 1. The second-order valence-electron chi connectivity index (χ2n) is 7.06. The lowest BCUT2D eigenvalue weighted by Crippen LogP contribution is -2.16. The molecule has 0 bridgehead atoms. The summed E-state index contributed by atoms with van der Waals surface area (Å²) in [6, 6.07) is 28.4. The van der Waals surface area contributed by atoms with Crippen LogP contribution < -0.4 is 9.64 Å². The van der Waals surface area contributed by atoms with Crippen LogP contribution in [0, 0.1) is 0 Å². The van der Waals surface area contributed by atoms with Gasteiger partial charge in [0.05, 0.1) is 11.4 Å². The first-order chi connectivity index (χ1) is 14.6. The summed E-state index contributed by atoms with van der Waals surface area (Å²) < 4.78 is 32.5. The Morgan fingerprint density at radius 3 is 2.00 bits per heavy atom. The van der Waals surface area contributed by atoms with E-state index in [1.165, 1.54) is 0 Å². The van der Waals surface area contributed by atoms with Crippen molar-refractivity contribution in [3.63, 3.8) is 0 Å². The summed E-state index contributed by atoms with van der Waals surface area (Å²) in [5.41, 5.74) is 2.83. The molecule has 0 unspecified atom stereocenters. The smallest absolute Gasteiger partial charge is 0.214 e. The third kappa shape index (κ3) is 2.51. The molecule has 4 aromatic carbocycles. The fourth-order valence-corrected chi connectivity index (χ4v) is 6.48. The zero-order valence-corrected chi connectivity index (χ0v) is 17.3. The largest absolute Gasteiger partial charge is 0.455 e. The fraction of sp³-hybridized carbons (Fsp3) is 0. The summed E-state index contributed by atoms with van der Waals surface area (Å²) in [6.45, 7) is 0. The van der Waals surface area contributed by atoms with Gasteiger partial charge in [0.15, 0.2) is 0 Å². The molecule has 2 aliphatic rings. The molecule has 0 amide bonds. The summed E-state index contributed by atoms with van der Waals surface area (Å²) >= 11 is 1.72. The lowest BCUT2D eigenvalue weighted by atomic mass is 10.1. The van der Waals surface area contributed by atoms with Crippen LogP contribution in [-0.2, 0) is 9.84 Å². The molecular formula is C24H15NO3S2. The minimum absolute atomic E-state index is 0.187. The van der Waals surface area contributed by atoms with Crippen LogP contribution in [0.15, 0.2) is 111 Å². The molecule has 6 heteroatoms. The number of rotatable bonds is 1. The molecule has 0 aliphatic carbocycles. The quantitative estimate of drug-likeness (QED) is 0.296. The van der Waals surface area contributed by atoms with Crippen LogP contribution >= 0.6 is 11.8 Å². The summed E-state index contributed by atoms with van der Waals surface area (Å²) in [6.07, 6.45) is 0. The molecular weight excluding hydrogens is 414 g/mol. The van der Waals surface area contributed by atoms with Gasteiger partial charge in [-0.1, -0.05) is 48.2 Å². The van der Waals surface area contributed by atoms with E-state index >= 15 is 0 Å². The van der Waals surface area contributed by atoms with Gasteiger partial charge in [0.2, 0.25) is 9.84 Å². The number of sulfone groups is 1. The maximum Gasteiger partial charge on any atom is 0.214 e. The maximum absolute atomic E-state index is 13.3. The Balaban J connectivity index is 1.57. The second-order valence-corrected chi connectivity index (χ2v) is 10.0. The van der Waals surface area contributed by atoms with Gasteiger partial charge in [0.25, 0.3) is 0 Å². The molecule has 0 atom stereocenters. The highest BCUT2D eigenvalue weighted by molar-refractivity contribution is 7.99. The first-order valence-corrected chi connectivity index (χ1v) is 11.7. The standard InChI is InChI=1S/C24H15NO3S2/c26-30(27)23-12-6-3-9-19(23)28-20-14-13-16(15-24(20)30)25-17-7-1-4-10-21(17)29-22-11-5-2-8-18(22)25/h1-15H. The molecule has 0 fully saturated rings. The van der Waals surface area contributed by atoms with E-state index in [0.29, 0.717) is 11.5 Å². The maximum atomic E-state index is 13.3. The minimum Gasteiger partial charge on any atom is -0.455 e. The summed E-state index contributed by atoms with van der Waals surface area (Å²) in [7, 11) is -3.67. The van der Waals surface area contributed by atoms with Crippen molar-refractivity contribution < 1.29 is 13.2 Å². The summed E-state index contributed by atoms with van der Waals surface area (Å²) in [4.78, 5) is 4.74. The number of anilines is 3. The van der Waals surface area contributed by atoms with Crippen LogP contribution in [0.3, 0.4) is 0 Å². The molecule has 30 heavy (non-hydrogen) atoms. The lowest BCUT2D eigenvalue weighted by molar-refractivity contribution is 0.443. The number of nitrogens with zero attached hydrogens (tertiary/aromatic N) is 1. The van der Waals surface area contributed by atoms with Crippen molar-refractivity contribution in [1.82, 2.24) is 0 Å². The van der Waals surface area contributed by atoms with Gasteiger partial charge in [-0.05, 0) is 54.6 Å². The zero-order valence-electron chi connectivity index (χ0n) is 15.6. The molecule has 0 aromatic heterocycles. The molecule has 2 aliphatic heterocycles. The number of hydrogen-bond donors (Lipinski definition) is 0. The van der Waals surface area contributed by atoms with Crippen molar-refractivity contribution >= 4 is 38.7 Å². The first-order valence-electron chi connectivity index (χ1n) is 9.45. The highest BCUT2D eigenvalue weighted by Crippen LogP contribution is 2.52. The highest BCUT2D eigenvalue weighted by atomic mass is 32.2. The second kappa shape index (κ2) is 6.39. The topological polar surface area (TPSA) is 46.6 Å². The van der Waals surface area contributed by atoms with Gasteiger partial charge in [0.1, 0.15) is 21.3 Å². The van der Waals surface area contributed by atoms with Crippen molar-refractivity contribution in [2.24, 2.45) is 0 Å². The average molecular weight is 430 g/mol. The SMILES string of the molecule is O=S1(=O)c2ccccc2Oc2ccc(N3c4ccccc4Sc4ccccc43)cc21. The Hall–Kier alpha value is -3.22. The van der Waals surface area contributed by atoms with Crippen LogP contribution in [0.25, 0.3) is 0 Å². The van der Waals surface area contributed by atoms with Crippen LogP contribution in [0.1, 0.15) is 0 Å². The highest BCUT2D eigenvalue weighted by Gasteiger charge is 2.33. The third-order valence-electron chi connectivity index (χ3n) is 5.27. The molecule has 0 N–H and O–H groups in total. The third-order valence-corrected chi connectivity index (χ3v) is 8.21. The van der Waals surface area contributed by atoms with E-state index < -0.39 is 9.84 Å². The number of fused-ring (bicyclic) bond motifs is 4. The zero-order chi connectivity index (χ0) is 20.3. The van der Waals surface area contributed by atoms with Crippen molar-refractivity contribution in [3.8, 4) is 11.5 Å². The Kier molecular flexibility index (Phi) is 3.75. The van der Waals surface area contributed by atoms with Crippen molar-refractivity contribution in [2.45, 2.75) is 19.6 Å². The molecule has 0 saturated carbocycles. The number of benzene rings is 4. The molecule has 0 saturated heterocycles. The van der Waals surface area contributed by atoms with E-state index in [4.69, 9.17) is 4.74 Å². The molecule has 2 heterocycles. The normalized spacial score (nSPS) is 15.3. The van der Waals surface area contributed by atoms with Crippen molar-refractivity contribution in [2.75, 3.05) is 4.90 Å². The van der Waals surface area contributed by atoms with Crippen molar-refractivity contribution in [1.29, 1.82) is 0 Å². The van der Waals surface area contributed by atoms with E-state index in [-0.39, 0.29) is 9.79 Å². The van der Waals surface area contributed by atoms with Gasteiger partial charge in [0, 0.05) is 15.5 Å². The van der Waals surface area contributed by atoms with Gasteiger partial charge in [-0.25, -0.2) is 8.42 Å². The number of hydrogen-bond acceptors (Lipinski definition) is 5. The predicted molar refractivity (Wildman–Crippen MR) is 117 cm³/mol. The van der Waals surface area contributed by atoms with E-state index in [0.717, 1.165) is 26.9 Å². The van der Waals surface area contributed by atoms with Crippen LogP contribution in [0.2, 0.25) is 0 Å². The van der Waals surface area contributed by atoms with E-state index in [9.17, 15) is 8.42 Å². The lowest BCUT2D eigenvalue weighted by Gasteiger charge is -2.33. The Bertz CT molecular complexity index is 1380. The Morgan fingerprint density at radius 2 is 1.27 bits per heavy atom. The Morgan fingerprint density at radius 1 is 0.667 bits per heavy atom. The Labute approximate surface area is 178 Å². The summed E-state index contributed by atoms with van der Waals surface area (Å²) in [5, 5.41) is 0. The molecule has 4 aromatic rings. The average Bonchev–Trinajstić information content (AvgIpc) is 2.77.